The first-order valence-electron chi connectivity index (χ1n) is 8.04. The number of esters is 1. The highest BCUT2D eigenvalue weighted by molar-refractivity contribution is 5.83. The van der Waals surface area contributed by atoms with Crippen molar-refractivity contribution in [2.75, 3.05) is 6.61 Å². The second kappa shape index (κ2) is 10.5. The molecule has 0 aromatic carbocycles. The third-order valence-corrected chi connectivity index (χ3v) is 3.90. The summed E-state index contributed by atoms with van der Waals surface area (Å²) in [5.74, 6) is -0.409. The molecule has 112 valence electrons. The highest BCUT2D eigenvalue weighted by Crippen LogP contribution is 2.25. The summed E-state index contributed by atoms with van der Waals surface area (Å²) in [6, 6.07) is 2.38. The standard InChI is InChI=1S/C17H27NO2/c1-2-20-17(19)13-15-11-9-7-5-3-4-6-8-10-12-16(15)14-18/h13,16H,2-12H2,1H3. The molecule has 0 amide bonds. The van der Waals surface area contributed by atoms with E-state index in [0.29, 0.717) is 6.61 Å². The molecule has 0 radical (unpaired) electrons. The van der Waals surface area contributed by atoms with Crippen molar-refractivity contribution in [3.63, 3.8) is 0 Å². The van der Waals surface area contributed by atoms with Crippen LogP contribution in [0.3, 0.4) is 0 Å². The molecule has 0 N–H and O–H groups in total. The lowest BCUT2D eigenvalue weighted by molar-refractivity contribution is -0.137. The maximum absolute atomic E-state index is 11.6. The molecular weight excluding hydrogens is 250 g/mol. The van der Waals surface area contributed by atoms with Crippen LogP contribution in [-0.2, 0) is 9.53 Å². The fraction of sp³-hybridized carbons (Fsp3) is 0.765. The summed E-state index contributed by atoms with van der Waals surface area (Å²) < 4.78 is 4.99. The van der Waals surface area contributed by atoms with Gasteiger partial charge in [0.15, 0.2) is 0 Å². The van der Waals surface area contributed by atoms with Gasteiger partial charge in [0, 0.05) is 6.08 Å². The molecule has 3 nitrogen and oxygen atoms in total. The first-order chi connectivity index (χ1) is 9.77. The maximum atomic E-state index is 11.6. The topological polar surface area (TPSA) is 50.1 Å². The summed E-state index contributed by atoms with van der Waals surface area (Å²) in [6.07, 6.45) is 13.0. The summed E-state index contributed by atoms with van der Waals surface area (Å²) in [5.41, 5.74) is 0.978. The van der Waals surface area contributed by atoms with Gasteiger partial charge in [-0.3, -0.25) is 0 Å². The molecule has 0 aliphatic heterocycles. The Hall–Kier alpha value is -1.30. The Morgan fingerprint density at radius 3 is 2.40 bits per heavy atom. The van der Waals surface area contributed by atoms with Gasteiger partial charge < -0.3 is 4.74 Å². The SMILES string of the molecule is CCOC(=O)C=C1CCCCCCCCCCC1C#N. The lowest BCUT2D eigenvalue weighted by atomic mass is 9.89. The molecule has 20 heavy (non-hydrogen) atoms. The van der Waals surface area contributed by atoms with Gasteiger partial charge in [-0.25, -0.2) is 4.79 Å². The minimum absolute atomic E-state index is 0.112. The van der Waals surface area contributed by atoms with Crippen LogP contribution in [0, 0.1) is 17.2 Å². The first-order valence-corrected chi connectivity index (χ1v) is 8.04. The van der Waals surface area contributed by atoms with Gasteiger partial charge in [-0.1, -0.05) is 44.9 Å². The molecule has 1 saturated carbocycles. The smallest absolute Gasteiger partial charge is 0.330 e. The van der Waals surface area contributed by atoms with Crippen molar-refractivity contribution < 1.29 is 9.53 Å². The number of nitrogens with zero attached hydrogens (tertiary/aromatic N) is 1. The lowest BCUT2D eigenvalue weighted by Crippen LogP contribution is -2.08. The highest BCUT2D eigenvalue weighted by atomic mass is 16.5. The van der Waals surface area contributed by atoms with Crippen LogP contribution in [0.5, 0.6) is 0 Å². The molecule has 0 aromatic heterocycles. The molecule has 0 bridgehead atoms. The van der Waals surface area contributed by atoms with E-state index in [1.54, 1.807) is 13.0 Å². The van der Waals surface area contributed by atoms with E-state index >= 15 is 0 Å². The minimum atomic E-state index is -0.296. The molecule has 1 atom stereocenters. The van der Waals surface area contributed by atoms with Crippen LogP contribution in [0.15, 0.2) is 11.6 Å². The molecule has 0 heterocycles. The third-order valence-electron chi connectivity index (χ3n) is 3.90. The van der Waals surface area contributed by atoms with Gasteiger partial charge in [0.25, 0.3) is 0 Å². The predicted octanol–water partition coefficient (Wildman–Crippen LogP) is 4.53. The van der Waals surface area contributed by atoms with Crippen LogP contribution in [0.25, 0.3) is 0 Å². The number of nitriles is 1. The average Bonchev–Trinajstić information content (AvgIpc) is 2.42. The number of rotatable bonds is 2. The Bertz CT molecular complexity index is 354. The van der Waals surface area contributed by atoms with Crippen molar-refractivity contribution in [1.82, 2.24) is 0 Å². The van der Waals surface area contributed by atoms with Crippen molar-refractivity contribution in [2.24, 2.45) is 5.92 Å². The lowest BCUT2D eigenvalue weighted by Gasteiger charge is -2.15. The Morgan fingerprint density at radius 1 is 1.20 bits per heavy atom. The second-order valence-electron chi connectivity index (χ2n) is 5.52. The van der Waals surface area contributed by atoms with Crippen LogP contribution >= 0.6 is 0 Å². The number of hydrogen-bond acceptors (Lipinski definition) is 3. The molecule has 1 aliphatic carbocycles. The Kier molecular flexibility index (Phi) is 8.78. The summed E-state index contributed by atoms with van der Waals surface area (Å²) >= 11 is 0. The first kappa shape index (κ1) is 16.8. The van der Waals surface area contributed by atoms with Crippen LogP contribution < -0.4 is 0 Å². The second-order valence-corrected chi connectivity index (χ2v) is 5.52. The van der Waals surface area contributed by atoms with Crippen molar-refractivity contribution in [3.05, 3.63) is 11.6 Å². The summed E-state index contributed by atoms with van der Waals surface area (Å²) in [4.78, 5) is 11.6. The number of hydrogen-bond donors (Lipinski definition) is 0. The monoisotopic (exact) mass is 277 g/mol. The van der Waals surface area contributed by atoms with Crippen molar-refractivity contribution in [3.8, 4) is 6.07 Å². The molecule has 0 spiro atoms. The Morgan fingerprint density at radius 2 is 1.80 bits per heavy atom. The number of carbonyl (C=O) groups excluding carboxylic acids is 1. The largest absolute Gasteiger partial charge is 0.463 e. The van der Waals surface area contributed by atoms with Crippen molar-refractivity contribution in [1.29, 1.82) is 5.26 Å². The van der Waals surface area contributed by atoms with E-state index in [1.807, 2.05) is 0 Å². The minimum Gasteiger partial charge on any atom is -0.463 e. The molecular formula is C17H27NO2. The normalized spacial score (nSPS) is 24.2. The van der Waals surface area contributed by atoms with E-state index in [4.69, 9.17) is 4.74 Å². The van der Waals surface area contributed by atoms with Crippen LogP contribution in [0.1, 0.15) is 71.1 Å². The van der Waals surface area contributed by atoms with Crippen LogP contribution in [-0.4, -0.2) is 12.6 Å². The van der Waals surface area contributed by atoms with Gasteiger partial charge >= 0.3 is 5.97 Å². The van der Waals surface area contributed by atoms with E-state index in [2.05, 4.69) is 6.07 Å². The quantitative estimate of drug-likeness (QED) is 0.550. The van der Waals surface area contributed by atoms with Gasteiger partial charge in [-0.2, -0.15) is 5.26 Å². The number of allylic oxidation sites excluding steroid dienone is 1. The van der Waals surface area contributed by atoms with Gasteiger partial charge in [0.2, 0.25) is 0 Å². The zero-order valence-corrected chi connectivity index (χ0v) is 12.7. The van der Waals surface area contributed by atoms with E-state index < -0.39 is 0 Å². The molecule has 0 saturated heterocycles. The Labute approximate surface area is 123 Å². The Balaban J connectivity index is 2.70. The van der Waals surface area contributed by atoms with Gasteiger partial charge in [-0.15, -0.1) is 0 Å². The van der Waals surface area contributed by atoms with Crippen LogP contribution in [0.2, 0.25) is 0 Å². The number of carbonyl (C=O) groups is 1. The van der Waals surface area contributed by atoms with E-state index in [1.165, 1.54) is 38.5 Å². The fourth-order valence-corrected chi connectivity index (χ4v) is 2.75. The molecule has 0 aromatic rings. The predicted molar refractivity (Wildman–Crippen MR) is 80.0 cm³/mol. The number of ether oxygens (including phenoxy) is 1. The molecule has 3 heteroatoms. The van der Waals surface area contributed by atoms with Gasteiger partial charge in [0.05, 0.1) is 18.6 Å². The zero-order valence-electron chi connectivity index (χ0n) is 12.7. The summed E-state index contributed by atoms with van der Waals surface area (Å²) in [7, 11) is 0. The highest BCUT2D eigenvalue weighted by Gasteiger charge is 2.15. The molecule has 1 fully saturated rings. The third kappa shape index (κ3) is 6.75. The van der Waals surface area contributed by atoms with E-state index in [0.717, 1.165) is 31.3 Å². The van der Waals surface area contributed by atoms with Gasteiger partial charge in [-0.05, 0) is 31.8 Å². The molecule has 1 unspecified atom stereocenters. The van der Waals surface area contributed by atoms with Crippen LogP contribution in [0.4, 0.5) is 0 Å². The average molecular weight is 277 g/mol. The summed E-state index contributed by atoms with van der Waals surface area (Å²) in [5, 5.41) is 9.37. The van der Waals surface area contributed by atoms with E-state index in [-0.39, 0.29) is 11.9 Å². The molecule has 1 rings (SSSR count). The van der Waals surface area contributed by atoms with Gasteiger partial charge in [0.1, 0.15) is 0 Å². The maximum Gasteiger partial charge on any atom is 0.330 e. The van der Waals surface area contributed by atoms with E-state index in [9.17, 15) is 10.1 Å². The summed E-state index contributed by atoms with van der Waals surface area (Å²) in [6.45, 7) is 2.19. The zero-order chi connectivity index (χ0) is 14.6. The van der Waals surface area contributed by atoms with Crippen molar-refractivity contribution >= 4 is 5.97 Å². The fourth-order valence-electron chi connectivity index (χ4n) is 2.75. The molecule has 1 aliphatic rings. The van der Waals surface area contributed by atoms with Crippen molar-refractivity contribution in [2.45, 2.75) is 71.1 Å².